The zero-order valence-corrected chi connectivity index (χ0v) is 7.75. The van der Waals surface area contributed by atoms with Crippen LogP contribution >= 0.6 is 0 Å². The molecular weight excluding hydrogens is 207 g/mol. The largest absolute Gasteiger partial charge is 0.490 e. The lowest BCUT2D eigenvalue weighted by Crippen LogP contribution is -2.21. The van der Waals surface area contributed by atoms with Crippen LogP contribution in [-0.4, -0.2) is 49.5 Å². The average molecular weight is 217 g/mol. The highest BCUT2D eigenvalue weighted by molar-refractivity contribution is 5.73. The molecule has 0 saturated carbocycles. The first kappa shape index (κ1) is 15.0. The number of aliphatic carboxylic acids is 1. The van der Waals surface area contributed by atoms with Crippen LogP contribution in [0.3, 0.4) is 0 Å². The summed E-state index contributed by atoms with van der Waals surface area (Å²) >= 11 is 0. The van der Waals surface area contributed by atoms with Gasteiger partial charge in [-0.25, -0.2) is 9.59 Å². The molecule has 84 valence electrons. The lowest BCUT2D eigenvalue weighted by Gasteiger charge is -2.05. The molecule has 0 bridgehead atoms. The van der Waals surface area contributed by atoms with Crippen molar-refractivity contribution < 1.29 is 32.6 Å². The summed E-state index contributed by atoms with van der Waals surface area (Å²) in [5, 5.41) is 7.12. The summed E-state index contributed by atoms with van der Waals surface area (Å²) in [5.41, 5.74) is 0. The standard InChI is InChI=1S/C4H9NO2.C2HF3O2/c1-5(2)4(6)7-3;3-2(4,5)1(6)7/h1-3H3;(H,6,7). The molecule has 0 aliphatic carbocycles. The van der Waals surface area contributed by atoms with Gasteiger partial charge in [-0.3, -0.25) is 0 Å². The molecule has 0 aliphatic heterocycles. The van der Waals surface area contributed by atoms with E-state index in [4.69, 9.17) is 9.90 Å². The number of hydrogen-bond acceptors (Lipinski definition) is 3. The van der Waals surface area contributed by atoms with Crippen LogP contribution in [-0.2, 0) is 9.53 Å². The maximum atomic E-state index is 10.6. The van der Waals surface area contributed by atoms with Crippen molar-refractivity contribution in [2.24, 2.45) is 0 Å². The second-order valence-corrected chi connectivity index (χ2v) is 2.17. The zero-order valence-electron chi connectivity index (χ0n) is 7.75. The quantitative estimate of drug-likeness (QED) is 0.655. The first-order valence-corrected chi connectivity index (χ1v) is 3.18. The van der Waals surface area contributed by atoms with Crippen molar-refractivity contribution in [2.45, 2.75) is 6.18 Å². The molecule has 0 atom stereocenters. The van der Waals surface area contributed by atoms with Gasteiger partial charge in [0.25, 0.3) is 0 Å². The summed E-state index contributed by atoms with van der Waals surface area (Å²) in [6, 6.07) is 0. The number of ether oxygens (including phenoxy) is 1. The number of methoxy groups -OCH3 is 1. The van der Waals surface area contributed by atoms with Gasteiger partial charge in [0.2, 0.25) is 0 Å². The minimum atomic E-state index is -5.08. The molecule has 1 N–H and O–H groups in total. The monoisotopic (exact) mass is 217 g/mol. The van der Waals surface area contributed by atoms with E-state index < -0.39 is 12.1 Å². The Kier molecular flexibility index (Phi) is 6.50. The van der Waals surface area contributed by atoms with Crippen LogP contribution in [0.5, 0.6) is 0 Å². The molecule has 14 heavy (non-hydrogen) atoms. The van der Waals surface area contributed by atoms with Gasteiger partial charge in [-0.05, 0) is 0 Å². The van der Waals surface area contributed by atoms with Gasteiger partial charge in [0.05, 0.1) is 7.11 Å². The van der Waals surface area contributed by atoms with Crippen LogP contribution in [0, 0.1) is 0 Å². The van der Waals surface area contributed by atoms with E-state index >= 15 is 0 Å². The van der Waals surface area contributed by atoms with E-state index in [1.54, 1.807) is 14.1 Å². The molecule has 0 radical (unpaired) electrons. The number of hydrogen-bond donors (Lipinski definition) is 1. The van der Waals surface area contributed by atoms with Crippen molar-refractivity contribution in [3.8, 4) is 0 Å². The van der Waals surface area contributed by atoms with Gasteiger partial charge in [0.15, 0.2) is 0 Å². The molecule has 0 aromatic heterocycles. The van der Waals surface area contributed by atoms with E-state index in [2.05, 4.69) is 4.74 Å². The molecule has 0 fully saturated rings. The fourth-order valence-electron chi connectivity index (χ4n) is 0.183. The maximum Gasteiger partial charge on any atom is 0.490 e. The van der Waals surface area contributed by atoms with E-state index in [1.807, 2.05) is 0 Å². The lowest BCUT2D eigenvalue weighted by atomic mass is 10.7. The van der Waals surface area contributed by atoms with E-state index in [0.717, 1.165) is 0 Å². The van der Waals surface area contributed by atoms with Crippen LogP contribution < -0.4 is 0 Å². The Balaban J connectivity index is 0. The molecule has 0 spiro atoms. The van der Waals surface area contributed by atoms with Gasteiger partial charge in [-0.1, -0.05) is 0 Å². The third-order valence-electron chi connectivity index (χ3n) is 0.782. The molecule has 1 amide bonds. The van der Waals surface area contributed by atoms with Crippen molar-refractivity contribution in [2.75, 3.05) is 21.2 Å². The Morgan fingerprint density at radius 3 is 1.57 bits per heavy atom. The first-order chi connectivity index (χ1) is 6.12. The molecular formula is C6H10F3NO4. The molecule has 0 aliphatic rings. The highest BCUT2D eigenvalue weighted by atomic mass is 19.4. The van der Waals surface area contributed by atoms with Crippen molar-refractivity contribution in [3.63, 3.8) is 0 Å². The number of carbonyl (C=O) groups excluding carboxylic acids is 1. The molecule has 0 rings (SSSR count). The highest BCUT2D eigenvalue weighted by Gasteiger charge is 2.38. The van der Waals surface area contributed by atoms with Crippen LogP contribution in [0.1, 0.15) is 0 Å². The highest BCUT2D eigenvalue weighted by Crippen LogP contribution is 2.13. The average Bonchev–Trinajstić information content (AvgIpc) is 2.02. The van der Waals surface area contributed by atoms with Crippen LogP contribution in [0.25, 0.3) is 0 Å². The molecule has 0 unspecified atom stereocenters. The normalized spacial score (nSPS) is 9.57. The van der Waals surface area contributed by atoms with Crippen molar-refractivity contribution in [1.29, 1.82) is 0 Å². The molecule has 0 saturated heterocycles. The molecule has 0 aromatic rings. The number of amides is 1. The number of nitrogens with zero attached hydrogens (tertiary/aromatic N) is 1. The topological polar surface area (TPSA) is 66.8 Å². The summed E-state index contributed by atoms with van der Waals surface area (Å²) in [6.07, 6.45) is -5.40. The molecule has 0 heterocycles. The van der Waals surface area contributed by atoms with Crippen LogP contribution in [0.2, 0.25) is 0 Å². The molecule has 0 aromatic carbocycles. The van der Waals surface area contributed by atoms with Gasteiger partial charge < -0.3 is 14.7 Å². The smallest absolute Gasteiger partial charge is 0.475 e. The predicted molar refractivity (Wildman–Crippen MR) is 39.8 cm³/mol. The summed E-state index contributed by atoms with van der Waals surface area (Å²) < 4.78 is 36.0. The van der Waals surface area contributed by atoms with E-state index in [-0.39, 0.29) is 6.09 Å². The van der Waals surface area contributed by atoms with Gasteiger partial charge in [0.1, 0.15) is 0 Å². The van der Waals surface area contributed by atoms with Crippen molar-refractivity contribution >= 4 is 12.1 Å². The van der Waals surface area contributed by atoms with Gasteiger partial charge >= 0.3 is 18.2 Å². The predicted octanol–water partition coefficient (Wildman–Crippen LogP) is 0.948. The second-order valence-electron chi connectivity index (χ2n) is 2.17. The zero-order chi connectivity index (χ0) is 11.9. The van der Waals surface area contributed by atoms with Crippen molar-refractivity contribution in [1.82, 2.24) is 4.90 Å². The van der Waals surface area contributed by atoms with E-state index in [9.17, 15) is 18.0 Å². The maximum absolute atomic E-state index is 10.6. The Hall–Kier alpha value is -1.47. The fraction of sp³-hybridized carbons (Fsp3) is 0.667. The van der Waals surface area contributed by atoms with Gasteiger partial charge in [0, 0.05) is 14.1 Å². The molecule has 5 nitrogen and oxygen atoms in total. The summed E-state index contributed by atoms with van der Waals surface area (Å²) in [5.74, 6) is -2.76. The Morgan fingerprint density at radius 2 is 1.57 bits per heavy atom. The second kappa shape index (κ2) is 6.06. The minimum absolute atomic E-state index is 0.319. The lowest BCUT2D eigenvalue weighted by molar-refractivity contribution is -0.192. The number of alkyl halides is 3. The number of halogens is 3. The number of rotatable bonds is 0. The number of carboxylic acids is 1. The number of carbonyl (C=O) groups is 2. The third kappa shape index (κ3) is 8.62. The fourth-order valence-corrected chi connectivity index (χ4v) is 0.183. The van der Waals surface area contributed by atoms with Gasteiger partial charge in [-0.2, -0.15) is 13.2 Å². The third-order valence-corrected chi connectivity index (χ3v) is 0.782. The van der Waals surface area contributed by atoms with Crippen molar-refractivity contribution in [3.05, 3.63) is 0 Å². The summed E-state index contributed by atoms with van der Waals surface area (Å²) in [6.45, 7) is 0. The summed E-state index contributed by atoms with van der Waals surface area (Å²) in [7, 11) is 4.61. The summed E-state index contributed by atoms with van der Waals surface area (Å²) in [4.78, 5) is 20.5. The SMILES string of the molecule is COC(=O)N(C)C.O=C(O)C(F)(F)F. The van der Waals surface area contributed by atoms with E-state index in [1.165, 1.54) is 12.0 Å². The molecule has 8 heteroatoms. The Bertz CT molecular complexity index is 200. The number of carboxylic acid groups (broad SMARTS) is 1. The first-order valence-electron chi connectivity index (χ1n) is 3.18. The van der Waals surface area contributed by atoms with Crippen LogP contribution in [0.4, 0.5) is 18.0 Å². The van der Waals surface area contributed by atoms with Gasteiger partial charge in [-0.15, -0.1) is 0 Å². The van der Waals surface area contributed by atoms with Crippen LogP contribution in [0.15, 0.2) is 0 Å². The Morgan fingerprint density at radius 1 is 1.29 bits per heavy atom. The minimum Gasteiger partial charge on any atom is -0.475 e. The Labute approximate surface area is 78.1 Å². The van der Waals surface area contributed by atoms with E-state index in [0.29, 0.717) is 0 Å².